The minimum atomic E-state index is -0.0535. The van der Waals surface area contributed by atoms with Crippen molar-refractivity contribution in [2.45, 2.75) is 32.4 Å². The lowest BCUT2D eigenvalue weighted by Gasteiger charge is -2.38. The molecule has 2 aromatic heterocycles. The number of aromatic nitrogens is 3. The number of urea groups is 1. The van der Waals surface area contributed by atoms with Crippen molar-refractivity contribution in [2.75, 3.05) is 25.0 Å². The van der Waals surface area contributed by atoms with Gasteiger partial charge in [-0.05, 0) is 49.1 Å². The highest BCUT2D eigenvalue weighted by atomic mass is 16.2. The second-order valence-corrected chi connectivity index (χ2v) is 6.40. The summed E-state index contributed by atoms with van der Waals surface area (Å²) in [5.74, 6) is 0.869. The molecule has 2 aromatic rings. The molecule has 1 saturated heterocycles. The van der Waals surface area contributed by atoms with E-state index in [1.165, 1.54) is 0 Å². The zero-order chi connectivity index (χ0) is 17.6. The molecule has 132 valence electrons. The Bertz CT molecular complexity index is 708. The molecule has 0 radical (unpaired) electrons. The largest absolute Gasteiger partial charge is 0.353 e. The van der Waals surface area contributed by atoms with Crippen LogP contribution in [0.2, 0.25) is 0 Å². The molecule has 7 heteroatoms. The monoisotopic (exact) mass is 340 g/mol. The molecule has 3 heterocycles. The van der Waals surface area contributed by atoms with E-state index in [9.17, 15) is 4.79 Å². The topological polar surface area (TPSA) is 74.2 Å². The Hall–Kier alpha value is -2.70. The summed E-state index contributed by atoms with van der Waals surface area (Å²) in [5, 5.41) is 11.1. The number of nitrogens with zero attached hydrogens (tertiary/aromatic N) is 5. The molecule has 2 amide bonds. The fraction of sp³-hybridized carbons (Fsp3) is 0.444. The van der Waals surface area contributed by atoms with E-state index < -0.39 is 0 Å². The molecular weight excluding hydrogens is 316 g/mol. The van der Waals surface area contributed by atoms with Crippen molar-refractivity contribution in [1.82, 2.24) is 25.4 Å². The van der Waals surface area contributed by atoms with Gasteiger partial charge >= 0.3 is 6.03 Å². The van der Waals surface area contributed by atoms with E-state index in [0.717, 1.165) is 42.9 Å². The van der Waals surface area contributed by atoms with E-state index >= 15 is 0 Å². The molecule has 0 aliphatic carbocycles. The summed E-state index contributed by atoms with van der Waals surface area (Å²) < 4.78 is 0. The molecule has 1 aliphatic heterocycles. The van der Waals surface area contributed by atoms with Gasteiger partial charge < -0.3 is 15.1 Å². The smallest absolute Gasteiger partial charge is 0.317 e. The lowest BCUT2D eigenvalue weighted by Crippen LogP contribution is -2.51. The minimum Gasteiger partial charge on any atom is -0.353 e. The Balaban J connectivity index is 1.57. The van der Waals surface area contributed by atoms with Gasteiger partial charge in [0.05, 0.1) is 6.04 Å². The molecule has 0 aromatic carbocycles. The molecular formula is C18H24N6O. The summed E-state index contributed by atoms with van der Waals surface area (Å²) in [4.78, 5) is 20.6. The van der Waals surface area contributed by atoms with Crippen molar-refractivity contribution in [2.24, 2.45) is 0 Å². The van der Waals surface area contributed by atoms with Crippen LogP contribution in [-0.2, 0) is 6.54 Å². The number of hydrogen-bond acceptors (Lipinski definition) is 5. The highest BCUT2D eigenvalue weighted by molar-refractivity contribution is 5.74. The highest BCUT2D eigenvalue weighted by Crippen LogP contribution is 2.19. The van der Waals surface area contributed by atoms with Crippen molar-refractivity contribution in [1.29, 1.82) is 0 Å². The first kappa shape index (κ1) is 17.1. The molecule has 0 spiro atoms. The van der Waals surface area contributed by atoms with Crippen molar-refractivity contribution in [3.05, 3.63) is 47.9 Å². The van der Waals surface area contributed by atoms with Crippen LogP contribution in [0.15, 0.2) is 36.8 Å². The van der Waals surface area contributed by atoms with Crippen LogP contribution >= 0.6 is 0 Å². The van der Waals surface area contributed by atoms with E-state index in [-0.39, 0.29) is 12.1 Å². The van der Waals surface area contributed by atoms with Crippen LogP contribution in [-0.4, -0.2) is 52.3 Å². The number of rotatable bonds is 4. The van der Waals surface area contributed by atoms with Crippen LogP contribution in [0.4, 0.5) is 10.6 Å². The number of pyridine rings is 1. The maximum atomic E-state index is 12.5. The molecule has 1 N–H and O–H groups in total. The predicted molar refractivity (Wildman–Crippen MR) is 96.2 cm³/mol. The summed E-state index contributed by atoms with van der Waals surface area (Å²) in [6.07, 6.45) is 7.26. The van der Waals surface area contributed by atoms with Gasteiger partial charge in [0.2, 0.25) is 0 Å². The third-order valence-corrected chi connectivity index (χ3v) is 4.71. The number of carbonyl (C=O) groups is 1. The van der Waals surface area contributed by atoms with Gasteiger partial charge in [0.25, 0.3) is 0 Å². The molecule has 0 bridgehead atoms. The van der Waals surface area contributed by atoms with E-state index in [2.05, 4.69) is 25.4 Å². The molecule has 1 unspecified atom stereocenters. The van der Waals surface area contributed by atoms with E-state index in [4.69, 9.17) is 0 Å². The Labute approximate surface area is 148 Å². The van der Waals surface area contributed by atoms with Gasteiger partial charge in [-0.2, -0.15) is 5.10 Å². The first-order valence-corrected chi connectivity index (χ1v) is 8.58. The SMILES string of the molecule is Cc1cnccc1CNC(=O)N(C)C1CCCN(c2cccnn2)C1. The van der Waals surface area contributed by atoms with Crippen LogP contribution < -0.4 is 10.2 Å². The fourth-order valence-electron chi connectivity index (χ4n) is 3.10. The van der Waals surface area contributed by atoms with Crippen molar-refractivity contribution in [3.63, 3.8) is 0 Å². The molecule has 7 nitrogen and oxygen atoms in total. The molecule has 1 fully saturated rings. The zero-order valence-electron chi connectivity index (χ0n) is 14.7. The van der Waals surface area contributed by atoms with Gasteiger partial charge in [-0.25, -0.2) is 4.79 Å². The third-order valence-electron chi connectivity index (χ3n) is 4.71. The van der Waals surface area contributed by atoms with Crippen LogP contribution in [0.3, 0.4) is 0 Å². The Morgan fingerprint density at radius 3 is 3.04 bits per heavy atom. The summed E-state index contributed by atoms with van der Waals surface area (Å²) >= 11 is 0. The van der Waals surface area contributed by atoms with Crippen LogP contribution in [0.25, 0.3) is 0 Å². The zero-order valence-corrected chi connectivity index (χ0v) is 14.7. The first-order valence-electron chi connectivity index (χ1n) is 8.58. The van der Waals surface area contributed by atoms with E-state index in [1.807, 2.05) is 38.4 Å². The van der Waals surface area contributed by atoms with E-state index in [0.29, 0.717) is 6.54 Å². The third kappa shape index (κ3) is 4.23. The van der Waals surface area contributed by atoms with Crippen molar-refractivity contribution in [3.8, 4) is 0 Å². The molecule has 1 aliphatic rings. The lowest BCUT2D eigenvalue weighted by molar-refractivity contribution is 0.182. The summed E-state index contributed by atoms with van der Waals surface area (Å²) in [6, 6.07) is 5.89. The normalized spacial score (nSPS) is 17.2. The molecule has 1 atom stereocenters. The number of nitrogens with one attached hydrogen (secondary N) is 1. The van der Waals surface area contributed by atoms with Crippen LogP contribution in [0, 0.1) is 6.92 Å². The maximum Gasteiger partial charge on any atom is 0.317 e. The molecule has 3 rings (SSSR count). The van der Waals surface area contributed by atoms with Gasteiger partial charge in [0, 0.05) is 45.3 Å². The number of hydrogen-bond donors (Lipinski definition) is 1. The number of anilines is 1. The molecule has 25 heavy (non-hydrogen) atoms. The predicted octanol–water partition coefficient (Wildman–Crippen LogP) is 1.99. The summed E-state index contributed by atoms with van der Waals surface area (Å²) in [6.45, 7) is 4.23. The van der Waals surface area contributed by atoms with Crippen molar-refractivity contribution >= 4 is 11.8 Å². The van der Waals surface area contributed by atoms with Gasteiger partial charge in [-0.3, -0.25) is 4.98 Å². The Kier molecular flexibility index (Phi) is 5.42. The maximum absolute atomic E-state index is 12.5. The van der Waals surface area contributed by atoms with Crippen LogP contribution in [0.1, 0.15) is 24.0 Å². The summed E-state index contributed by atoms with van der Waals surface area (Å²) in [7, 11) is 1.86. The minimum absolute atomic E-state index is 0.0535. The second kappa shape index (κ2) is 7.92. The first-order chi connectivity index (χ1) is 12.1. The van der Waals surface area contributed by atoms with Crippen LogP contribution in [0.5, 0.6) is 0 Å². The second-order valence-electron chi connectivity index (χ2n) is 6.40. The Morgan fingerprint density at radius 2 is 2.28 bits per heavy atom. The van der Waals surface area contributed by atoms with Crippen molar-refractivity contribution < 1.29 is 4.79 Å². The average Bonchev–Trinajstić information content (AvgIpc) is 2.67. The number of likely N-dealkylation sites (N-methyl/N-ethyl adjacent to an activating group) is 1. The number of carbonyl (C=O) groups excluding carboxylic acids is 1. The molecule has 0 saturated carbocycles. The highest BCUT2D eigenvalue weighted by Gasteiger charge is 2.26. The fourth-order valence-corrected chi connectivity index (χ4v) is 3.10. The van der Waals surface area contributed by atoms with E-state index in [1.54, 1.807) is 17.3 Å². The van der Waals surface area contributed by atoms with Gasteiger partial charge in [-0.15, -0.1) is 5.10 Å². The van der Waals surface area contributed by atoms with Gasteiger partial charge in [0.1, 0.15) is 0 Å². The lowest BCUT2D eigenvalue weighted by atomic mass is 10.0. The number of aryl methyl sites for hydroxylation is 1. The standard InChI is InChI=1S/C18H24N6O/c1-14-11-19-9-7-15(14)12-20-18(25)23(2)16-5-4-10-24(13-16)17-6-3-8-21-22-17/h3,6-9,11,16H,4-5,10,12-13H2,1-2H3,(H,20,25). The number of amides is 2. The van der Waals surface area contributed by atoms with Gasteiger partial charge in [0.15, 0.2) is 5.82 Å². The quantitative estimate of drug-likeness (QED) is 0.921. The number of piperidine rings is 1. The Morgan fingerprint density at radius 1 is 1.40 bits per heavy atom. The average molecular weight is 340 g/mol. The summed E-state index contributed by atoms with van der Waals surface area (Å²) in [5.41, 5.74) is 2.17. The van der Waals surface area contributed by atoms with Gasteiger partial charge in [-0.1, -0.05) is 0 Å².